The Hall–Kier alpha value is -6.31. The number of benzene rings is 8. The average molecular weight is 793 g/mol. The van der Waals surface area contributed by atoms with Crippen LogP contribution in [0.2, 0.25) is 0 Å². The second-order valence-corrected chi connectivity index (χ2v) is 14.6. The van der Waals surface area contributed by atoms with Crippen LogP contribution in [0, 0.1) is 3.57 Å². The summed E-state index contributed by atoms with van der Waals surface area (Å²) in [5, 5.41) is 9.74. The first-order valence-corrected chi connectivity index (χ1v) is 18.8. The zero-order valence-corrected chi connectivity index (χ0v) is 30.5. The highest BCUT2D eigenvalue weighted by Crippen LogP contribution is 2.38. The standard InChI is InChI=1S/C24H14INO.C24H15NO/c25-20-14-15(13-19-18-9-3-6-12-23(18)27-24(19)20)26-21-10-4-1-7-16(21)17-8-2-5-11-22(17)26;1-4-10-21-17(7-1)18-8-2-5-11-22(18)25(21)16-13-14-24-20(15-16)19-9-3-6-12-23(19)26-24/h1-14H;1-15H. The van der Waals surface area contributed by atoms with E-state index in [1.54, 1.807) is 0 Å². The van der Waals surface area contributed by atoms with Gasteiger partial charge in [-0.05, 0) is 89.3 Å². The number of hydrogen-bond acceptors (Lipinski definition) is 2. The van der Waals surface area contributed by atoms with Crippen molar-refractivity contribution in [1.82, 2.24) is 9.13 Å². The molecule has 0 unspecified atom stereocenters. The van der Waals surface area contributed by atoms with Crippen LogP contribution >= 0.6 is 22.6 Å². The van der Waals surface area contributed by atoms with Crippen molar-refractivity contribution in [3.05, 3.63) is 179 Å². The Morgan fingerprint density at radius 1 is 0.321 bits per heavy atom. The minimum absolute atomic E-state index is 0.927. The van der Waals surface area contributed by atoms with Gasteiger partial charge in [-0.25, -0.2) is 0 Å². The first kappa shape index (κ1) is 30.3. The van der Waals surface area contributed by atoms with Gasteiger partial charge in [0.15, 0.2) is 0 Å². The van der Waals surface area contributed by atoms with E-state index >= 15 is 0 Å². The van der Waals surface area contributed by atoms with Crippen molar-refractivity contribution in [1.29, 1.82) is 0 Å². The third kappa shape index (κ3) is 4.67. The Morgan fingerprint density at radius 3 is 1.26 bits per heavy atom. The molecule has 0 amide bonds. The van der Waals surface area contributed by atoms with Crippen LogP contribution in [-0.4, -0.2) is 9.13 Å². The van der Waals surface area contributed by atoms with Crippen molar-refractivity contribution in [2.75, 3.05) is 0 Å². The van der Waals surface area contributed by atoms with Crippen LogP contribution in [0.4, 0.5) is 0 Å². The molecule has 0 aliphatic carbocycles. The second-order valence-electron chi connectivity index (χ2n) is 13.4. The van der Waals surface area contributed by atoms with Gasteiger partial charge in [-0.2, -0.15) is 0 Å². The van der Waals surface area contributed by atoms with Crippen LogP contribution in [0.1, 0.15) is 0 Å². The number of hydrogen-bond donors (Lipinski definition) is 0. The largest absolute Gasteiger partial charge is 0.456 e. The molecular weight excluding hydrogens is 763 g/mol. The normalized spacial score (nSPS) is 11.9. The number of para-hydroxylation sites is 6. The maximum absolute atomic E-state index is 6.11. The Balaban J connectivity index is 0.000000125. The van der Waals surface area contributed by atoms with E-state index in [2.05, 4.69) is 183 Å². The highest BCUT2D eigenvalue weighted by Gasteiger charge is 2.17. The van der Waals surface area contributed by atoms with Gasteiger partial charge in [0.25, 0.3) is 0 Å². The van der Waals surface area contributed by atoms with E-state index < -0.39 is 0 Å². The van der Waals surface area contributed by atoms with Crippen molar-refractivity contribution >= 4 is 110 Å². The molecule has 0 bridgehead atoms. The van der Waals surface area contributed by atoms with Crippen LogP contribution in [0.5, 0.6) is 0 Å². The van der Waals surface area contributed by atoms with E-state index in [1.165, 1.54) is 43.6 Å². The van der Waals surface area contributed by atoms with Crippen LogP contribution in [0.25, 0.3) is 98.9 Å². The summed E-state index contributed by atoms with van der Waals surface area (Å²) in [6, 6.07) is 61.8. The lowest BCUT2D eigenvalue weighted by atomic mass is 10.1. The molecule has 0 aliphatic heterocycles. The van der Waals surface area contributed by atoms with Crippen molar-refractivity contribution in [3.63, 3.8) is 0 Å². The van der Waals surface area contributed by atoms with Gasteiger partial charge in [-0.15, -0.1) is 0 Å². The summed E-state index contributed by atoms with van der Waals surface area (Å²) in [6.45, 7) is 0. The highest BCUT2D eigenvalue weighted by molar-refractivity contribution is 14.1. The van der Waals surface area contributed by atoms with Crippen LogP contribution < -0.4 is 0 Å². The minimum Gasteiger partial charge on any atom is -0.456 e. The molecule has 0 saturated carbocycles. The monoisotopic (exact) mass is 792 g/mol. The average Bonchev–Trinajstić information content (AvgIpc) is 3.96. The Kier molecular flexibility index (Phi) is 6.79. The number of nitrogens with zero attached hydrogens (tertiary/aromatic N) is 2. The predicted molar refractivity (Wildman–Crippen MR) is 229 cm³/mol. The molecule has 0 radical (unpaired) electrons. The third-order valence-electron chi connectivity index (χ3n) is 10.5. The molecule has 4 nitrogen and oxygen atoms in total. The van der Waals surface area contributed by atoms with Gasteiger partial charge in [0.2, 0.25) is 0 Å². The molecule has 0 aliphatic rings. The molecule has 0 spiro atoms. The first-order valence-electron chi connectivity index (χ1n) is 17.7. The lowest BCUT2D eigenvalue weighted by Crippen LogP contribution is -1.94. The zero-order chi connectivity index (χ0) is 35.0. The fourth-order valence-corrected chi connectivity index (χ4v) is 8.87. The van der Waals surface area contributed by atoms with Crippen LogP contribution in [0.3, 0.4) is 0 Å². The van der Waals surface area contributed by atoms with Gasteiger partial charge in [0.1, 0.15) is 22.3 Å². The summed E-state index contributed by atoms with van der Waals surface area (Å²) in [5.41, 5.74) is 11.0. The van der Waals surface area contributed by atoms with E-state index in [0.717, 1.165) is 58.8 Å². The van der Waals surface area contributed by atoms with E-state index in [9.17, 15) is 0 Å². The predicted octanol–water partition coefficient (Wildman–Crippen LogP) is 14.0. The fraction of sp³-hybridized carbons (Fsp3) is 0. The van der Waals surface area contributed by atoms with Crippen LogP contribution in [-0.2, 0) is 0 Å². The summed E-state index contributed by atoms with van der Waals surface area (Å²) in [5.74, 6) is 0. The Morgan fingerprint density at radius 2 is 0.717 bits per heavy atom. The minimum atomic E-state index is 0.927. The van der Waals surface area contributed by atoms with Crippen molar-refractivity contribution in [2.24, 2.45) is 0 Å². The second kappa shape index (κ2) is 11.9. The van der Waals surface area contributed by atoms with E-state index in [4.69, 9.17) is 8.83 Å². The van der Waals surface area contributed by atoms with Gasteiger partial charge >= 0.3 is 0 Å². The van der Waals surface area contributed by atoms with E-state index in [1.807, 2.05) is 24.3 Å². The van der Waals surface area contributed by atoms with E-state index in [-0.39, 0.29) is 0 Å². The van der Waals surface area contributed by atoms with Gasteiger partial charge in [0, 0.05) is 54.5 Å². The van der Waals surface area contributed by atoms with E-state index in [0.29, 0.717) is 0 Å². The zero-order valence-electron chi connectivity index (χ0n) is 28.3. The van der Waals surface area contributed by atoms with Gasteiger partial charge < -0.3 is 18.0 Å². The number of fused-ring (bicyclic) bond motifs is 12. The lowest BCUT2D eigenvalue weighted by Gasteiger charge is -2.09. The number of rotatable bonds is 2. The smallest absolute Gasteiger partial charge is 0.148 e. The molecule has 0 N–H and O–H groups in total. The molecule has 250 valence electrons. The summed E-state index contributed by atoms with van der Waals surface area (Å²) in [7, 11) is 0. The maximum atomic E-state index is 6.11. The molecule has 8 aromatic carbocycles. The first-order chi connectivity index (χ1) is 26.2. The van der Waals surface area contributed by atoms with Gasteiger partial charge in [-0.1, -0.05) is 109 Å². The number of furan rings is 2. The molecule has 12 rings (SSSR count). The van der Waals surface area contributed by atoms with Crippen molar-refractivity contribution in [2.45, 2.75) is 0 Å². The van der Waals surface area contributed by atoms with Gasteiger partial charge in [-0.3, -0.25) is 0 Å². The summed E-state index contributed by atoms with van der Waals surface area (Å²) >= 11 is 2.38. The molecule has 0 saturated heterocycles. The third-order valence-corrected chi connectivity index (χ3v) is 11.3. The topological polar surface area (TPSA) is 36.1 Å². The number of halogens is 1. The molecule has 12 aromatic rings. The fourth-order valence-electron chi connectivity index (χ4n) is 8.15. The molecule has 0 fully saturated rings. The molecule has 0 atom stereocenters. The molecule has 4 heterocycles. The number of aromatic nitrogens is 2. The SMILES string of the molecule is Ic1cc(-n2c3ccccc3c3ccccc32)cc2c1oc1ccccc12.c1ccc2c(c1)oc1ccc(-n3c4ccccc4c4ccccc43)cc12. The van der Waals surface area contributed by atoms with Crippen LogP contribution in [0.15, 0.2) is 185 Å². The van der Waals surface area contributed by atoms with Crippen molar-refractivity contribution < 1.29 is 8.83 Å². The highest BCUT2D eigenvalue weighted by atomic mass is 127. The van der Waals surface area contributed by atoms with Gasteiger partial charge in [0.05, 0.1) is 25.6 Å². The lowest BCUT2D eigenvalue weighted by molar-refractivity contribution is 0.666. The Labute approximate surface area is 317 Å². The molecular formula is C48H29IN2O2. The molecule has 4 aromatic heterocycles. The Bertz CT molecular complexity index is 3270. The summed E-state index contributed by atoms with van der Waals surface area (Å²) in [6.07, 6.45) is 0. The van der Waals surface area contributed by atoms with Crippen molar-refractivity contribution in [3.8, 4) is 11.4 Å². The maximum Gasteiger partial charge on any atom is 0.148 e. The molecule has 5 heteroatoms. The summed E-state index contributed by atoms with van der Waals surface area (Å²) in [4.78, 5) is 0. The summed E-state index contributed by atoms with van der Waals surface area (Å²) < 4.78 is 17.9. The quantitative estimate of drug-likeness (QED) is 0.164. The molecule has 53 heavy (non-hydrogen) atoms.